The molecule has 1 atom stereocenters. The maximum absolute atomic E-state index is 3.29. The van der Waals surface area contributed by atoms with Gasteiger partial charge in [-0.2, -0.15) is 0 Å². The van der Waals surface area contributed by atoms with Crippen molar-refractivity contribution < 1.29 is 0 Å². The molecule has 1 saturated heterocycles. The van der Waals surface area contributed by atoms with Gasteiger partial charge in [-0.1, -0.05) is 6.07 Å². The lowest BCUT2D eigenvalue weighted by molar-refractivity contribution is 0.0761. The van der Waals surface area contributed by atoms with Crippen molar-refractivity contribution >= 4 is 11.3 Å². The molecule has 1 unspecified atom stereocenters. The molecule has 0 aliphatic carbocycles. The maximum atomic E-state index is 3.29. The van der Waals surface area contributed by atoms with Crippen LogP contribution in [-0.2, 0) is 0 Å². The van der Waals surface area contributed by atoms with Crippen LogP contribution in [0.3, 0.4) is 0 Å². The Bertz CT molecular complexity index is 201. The highest BCUT2D eigenvalue weighted by molar-refractivity contribution is 7.10. The van der Waals surface area contributed by atoms with Gasteiger partial charge < -0.3 is 0 Å². The first-order chi connectivity index (χ1) is 4.86. The van der Waals surface area contributed by atoms with Crippen molar-refractivity contribution in [3.8, 4) is 0 Å². The van der Waals surface area contributed by atoms with E-state index in [2.05, 4.69) is 35.0 Å². The van der Waals surface area contributed by atoms with E-state index in [-0.39, 0.29) is 0 Å². The van der Waals surface area contributed by atoms with Crippen LogP contribution >= 0.6 is 11.3 Å². The minimum Gasteiger partial charge on any atom is -0.246 e. The molecule has 1 aliphatic rings. The second-order valence-corrected chi connectivity index (χ2v) is 3.56. The predicted molar refractivity (Wildman–Crippen MR) is 42.8 cm³/mol. The third-order valence-corrected chi connectivity index (χ3v) is 2.71. The highest BCUT2D eigenvalue weighted by Gasteiger charge is 2.24. The Morgan fingerprint density at radius 3 is 3.10 bits per heavy atom. The number of hydrogen-bond acceptors (Lipinski definition) is 3. The zero-order valence-electron chi connectivity index (χ0n) is 5.87. The molecule has 2 nitrogen and oxygen atoms in total. The molecular weight excluding hydrogens is 144 g/mol. The fraction of sp³-hybridized carbons (Fsp3) is 0.429. The standard InChI is InChI=1S/C7H10N2S/c1-9-5-6(8-9)7-3-2-4-10-7/h2-4,6,8H,5H2,1H3. The summed E-state index contributed by atoms with van der Waals surface area (Å²) in [6, 6.07) is 4.86. The summed E-state index contributed by atoms with van der Waals surface area (Å²) in [6.07, 6.45) is 0. The van der Waals surface area contributed by atoms with E-state index >= 15 is 0 Å². The van der Waals surface area contributed by atoms with Gasteiger partial charge in [0.05, 0.1) is 6.04 Å². The van der Waals surface area contributed by atoms with Crippen LogP contribution in [0, 0.1) is 0 Å². The number of hydrazine groups is 1. The van der Waals surface area contributed by atoms with Crippen molar-refractivity contribution in [3.05, 3.63) is 22.4 Å². The molecule has 0 radical (unpaired) electrons. The van der Waals surface area contributed by atoms with Crippen LogP contribution < -0.4 is 5.43 Å². The van der Waals surface area contributed by atoms with Gasteiger partial charge >= 0.3 is 0 Å². The first kappa shape index (κ1) is 6.34. The number of hydrogen-bond donors (Lipinski definition) is 1. The average molecular weight is 154 g/mol. The minimum atomic E-state index is 0.588. The topological polar surface area (TPSA) is 15.3 Å². The van der Waals surface area contributed by atoms with Gasteiger partial charge in [0.2, 0.25) is 0 Å². The molecule has 0 bridgehead atoms. The SMILES string of the molecule is CN1CC(c2cccs2)N1. The fourth-order valence-corrected chi connectivity index (χ4v) is 1.93. The summed E-state index contributed by atoms with van der Waals surface area (Å²) in [5, 5.41) is 4.22. The largest absolute Gasteiger partial charge is 0.246 e. The molecule has 2 heterocycles. The van der Waals surface area contributed by atoms with Gasteiger partial charge in [0.15, 0.2) is 0 Å². The van der Waals surface area contributed by atoms with Gasteiger partial charge in [0, 0.05) is 18.5 Å². The van der Waals surface area contributed by atoms with Crippen LogP contribution in [-0.4, -0.2) is 18.6 Å². The van der Waals surface area contributed by atoms with Gasteiger partial charge in [-0.25, -0.2) is 10.4 Å². The molecule has 1 fully saturated rings. The lowest BCUT2D eigenvalue weighted by Gasteiger charge is -2.36. The highest BCUT2D eigenvalue weighted by atomic mass is 32.1. The van der Waals surface area contributed by atoms with Crippen molar-refractivity contribution in [1.82, 2.24) is 10.4 Å². The van der Waals surface area contributed by atoms with Crippen LogP contribution in [0.5, 0.6) is 0 Å². The quantitative estimate of drug-likeness (QED) is 0.654. The van der Waals surface area contributed by atoms with E-state index in [0.29, 0.717) is 6.04 Å². The Morgan fingerprint density at radius 2 is 2.60 bits per heavy atom. The molecule has 10 heavy (non-hydrogen) atoms. The summed E-state index contributed by atoms with van der Waals surface area (Å²) in [4.78, 5) is 1.44. The third-order valence-electron chi connectivity index (χ3n) is 1.72. The van der Waals surface area contributed by atoms with E-state index in [0.717, 1.165) is 6.54 Å². The van der Waals surface area contributed by atoms with Gasteiger partial charge in [0.1, 0.15) is 0 Å². The van der Waals surface area contributed by atoms with E-state index in [1.54, 1.807) is 0 Å². The normalized spacial score (nSPS) is 26.3. The molecule has 3 heteroatoms. The predicted octanol–water partition coefficient (Wildman–Crippen LogP) is 1.24. The molecule has 1 aromatic rings. The van der Waals surface area contributed by atoms with E-state index in [4.69, 9.17) is 0 Å². The molecule has 0 aromatic carbocycles. The molecule has 54 valence electrons. The van der Waals surface area contributed by atoms with Crippen LogP contribution in [0.2, 0.25) is 0 Å². The van der Waals surface area contributed by atoms with Crippen molar-refractivity contribution in [2.24, 2.45) is 0 Å². The molecule has 0 amide bonds. The fourth-order valence-electron chi connectivity index (χ4n) is 1.16. The average Bonchev–Trinajstić information content (AvgIpc) is 2.31. The minimum absolute atomic E-state index is 0.588. The number of nitrogens with zero attached hydrogens (tertiary/aromatic N) is 1. The summed E-state index contributed by atoms with van der Waals surface area (Å²) in [5.74, 6) is 0. The zero-order chi connectivity index (χ0) is 6.97. The van der Waals surface area contributed by atoms with Gasteiger partial charge in [0.25, 0.3) is 0 Å². The molecular formula is C7H10N2S. The van der Waals surface area contributed by atoms with Crippen molar-refractivity contribution in [2.75, 3.05) is 13.6 Å². The Kier molecular flexibility index (Phi) is 1.48. The number of nitrogens with one attached hydrogen (secondary N) is 1. The maximum Gasteiger partial charge on any atom is 0.0698 e. The van der Waals surface area contributed by atoms with Crippen LogP contribution in [0.15, 0.2) is 17.5 Å². The Morgan fingerprint density at radius 1 is 1.80 bits per heavy atom. The zero-order valence-corrected chi connectivity index (χ0v) is 6.69. The van der Waals surface area contributed by atoms with E-state index in [1.807, 2.05) is 11.3 Å². The second kappa shape index (κ2) is 2.34. The summed E-state index contributed by atoms with van der Waals surface area (Å²) >= 11 is 1.82. The molecule has 0 spiro atoms. The van der Waals surface area contributed by atoms with E-state index < -0.39 is 0 Å². The Labute approximate surface area is 64.4 Å². The summed E-state index contributed by atoms with van der Waals surface area (Å²) in [6.45, 7) is 1.14. The molecule has 2 rings (SSSR count). The molecule has 0 saturated carbocycles. The van der Waals surface area contributed by atoms with Crippen molar-refractivity contribution in [2.45, 2.75) is 6.04 Å². The molecule has 1 N–H and O–H groups in total. The number of rotatable bonds is 1. The number of likely N-dealkylation sites (N-methyl/N-ethyl adjacent to an activating group) is 1. The third kappa shape index (κ3) is 0.963. The van der Waals surface area contributed by atoms with Gasteiger partial charge in [-0.3, -0.25) is 0 Å². The van der Waals surface area contributed by atoms with Crippen LogP contribution in [0.25, 0.3) is 0 Å². The summed E-state index contributed by atoms with van der Waals surface area (Å²) in [5.41, 5.74) is 3.29. The van der Waals surface area contributed by atoms with Gasteiger partial charge in [-0.05, 0) is 11.4 Å². The molecule has 1 aromatic heterocycles. The Balaban J connectivity index is 2.04. The van der Waals surface area contributed by atoms with E-state index in [1.165, 1.54) is 4.88 Å². The number of thiophene rings is 1. The van der Waals surface area contributed by atoms with Gasteiger partial charge in [-0.15, -0.1) is 11.3 Å². The summed E-state index contributed by atoms with van der Waals surface area (Å²) < 4.78 is 0. The van der Waals surface area contributed by atoms with Crippen LogP contribution in [0.1, 0.15) is 10.9 Å². The second-order valence-electron chi connectivity index (χ2n) is 2.58. The smallest absolute Gasteiger partial charge is 0.0698 e. The van der Waals surface area contributed by atoms with Crippen molar-refractivity contribution in [3.63, 3.8) is 0 Å². The first-order valence-corrected chi connectivity index (χ1v) is 4.25. The summed E-state index contributed by atoms with van der Waals surface area (Å²) in [7, 11) is 2.06. The van der Waals surface area contributed by atoms with Crippen LogP contribution in [0.4, 0.5) is 0 Å². The van der Waals surface area contributed by atoms with E-state index in [9.17, 15) is 0 Å². The van der Waals surface area contributed by atoms with Crippen molar-refractivity contribution in [1.29, 1.82) is 0 Å². The lowest BCUT2D eigenvalue weighted by atomic mass is 10.2. The first-order valence-electron chi connectivity index (χ1n) is 3.37. The lowest BCUT2D eigenvalue weighted by Crippen LogP contribution is -2.53. The Hall–Kier alpha value is -0.380. The molecule has 1 aliphatic heterocycles. The monoisotopic (exact) mass is 154 g/mol. The highest BCUT2D eigenvalue weighted by Crippen LogP contribution is 2.24.